The lowest BCUT2D eigenvalue weighted by molar-refractivity contribution is -0.178. The average molecular weight is 1100 g/mol. The van der Waals surface area contributed by atoms with E-state index in [2.05, 4.69) is 4.90 Å². The van der Waals surface area contributed by atoms with E-state index in [9.17, 15) is 39.6 Å². The maximum Gasteiger partial charge on any atom is 0.339 e. The van der Waals surface area contributed by atoms with Gasteiger partial charge in [-0.3, -0.25) is 19.3 Å². The van der Waals surface area contributed by atoms with Crippen molar-refractivity contribution in [3.05, 3.63) is 70.2 Å². The predicted molar refractivity (Wildman–Crippen MR) is 276 cm³/mol. The molecule has 2 aromatic rings. The van der Waals surface area contributed by atoms with Gasteiger partial charge in [0.15, 0.2) is 46.4 Å². The molecule has 4 N–H and O–H groups in total. The second-order valence-corrected chi connectivity index (χ2v) is 23.9. The molecule has 21 nitrogen and oxygen atoms in total. The first-order valence-corrected chi connectivity index (χ1v) is 27.3. The van der Waals surface area contributed by atoms with Crippen LogP contribution >= 0.6 is 0 Å². The van der Waals surface area contributed by atoms with Crippen LogP contribution in [-0.2, 0) is 65.2 Å². The van der Waals surface area contributed by atoms with Crippen molar-refractivity contribution >= 4 is 29.8 Å². The van der Waals surface area contributed by atoms with Crippen molar-refractivity contribution < 1.29 is 91.8 Å². The van der Waals surface area contributed by atoms with Gasteiger partial charge < -0.3 is 72.7 Å². The molecule has 21 heteroatoms. The first-order chi connectivity index (χ1) is 37.4. The summed E-state index contributed by atoms with van der Waals surface area (Å²) >= 11 is 0. The molecule has 6 heterocycles. The largest absolute Gasteiger partial charge is 0.497 e. The quantitative estimate of drug-likeness (QED) is 0.113. The van der Waals surface area contributed by atoms with Gasteiger partial charge in [-0.1, -0.05) is 0 Å². The number of carbonyl (C=O) groups excluding carboxylic acids is 5. The molecule has 2 spiro atoms. The highest BCUT2D eigenvalue weighted by Crippen LogP contribution is 2.62. The van der Waals surface area contributed by atoms with Gasteiger partial charge in [0.2, 0.25) is 19.5 Å². The van der Waals surface area contributed by atoms with Gasteiger partial charge in [-0.2, -0.15) is 0 Å². The van der Waals surface area contributed by atoms with E-state index in [0.717, 1.165) is 36.5 Å². The maximum atomic E-state index is 15.8. The van der Waals surface area contributed by atoms with E-state index in [4.69, 9.17) is 47.4 Å². The van der Waals surface area contributed by atoms with Crippen LogP contribution in [-0.4, -0.2) is 167 Å². The molecule has 0 saturated carbocycles. The van der Waals surface area contributed by atoms with Crippen molar-refractivity contribution in [3.8, 4) is 23.0 Å². The Labute approximate surface area is 458 Å². The molecule has 1 amide bonds. The van der Waals surface area contributed by atoms with Crippen LogP contribution in [0.15, 0.2) is 47.9 Å². The van der Waals surface area contributed by atoms with E-state index in [-0.39, 0.29) is 76.7 Å². The van der Waals surface area contributed by atoms with E-state index in [1.807, 2.05) is 41.3 Å². The Kier molecular flexibility index (Phi) is 14.8. The molecule has 0 bridgehead atoms. The SMILES string of the molecule is COC(=O)CC(O)(CCCC(C)(C)O)C(=O)OC1C(OC)=CC23CC(C4CCC56C=C(OC)C(OC(=O)C(O)(CCCC(C)(C)O)CC(=O)OC)C5c5cc7c(cc5CCN46)OCO7)C(=O)N2CCc2cc4c(cc2C13)OCO4. The van der Waals surface area contributed by atoms with Crippen molar-refractivity contribution in [1.29, 1.82) is 0 Å². The molecule has 430 valence electrons. The number of amides is 1. The van der Waals surface area contributed by atoms with E-state index in [1.165, 1.54) is 14.2 Å². The lowest BCUT2D eigenvalue weighted by atomic mass is 9.75. The molecule has 6 aliphatic heterocycles. The summed E-state index contributed by atoms with van der Waals surface area (Å²) in [5, 5.41) is 45.3. The number of rotatable bonds is 19. The minimum absolute atomic E-state index is 0.00448. The van der Waals surface area contributed by atoms with Gasteiger partial charge in [-0.15, -0.1) is 0 Å². The molecule has 0 aromatic heterocycles. The molecular formula is C58H74N2O19. The van der Waals surface area contributed by atoms with Crippen LogP contribution in [0.25, 0.3) is 0 Å². The van der Waals surface area contributed by atoms with Crippen molar-refractivity contribution in [3.63, 3.8) is 0 Å². The zero-order valence-electron chi connectivity index (χ0n) is 46.3. The number of ether oxygens (including phenoxy) is 10. The van der Waals surface area contributed by atoms with Crippen LogP contribution < -0.4 is 18.9 Å². The summed E-state index contributed by atoms with van der Waals surface area (Å²) in [4.78, 5) is 75.2. The van der Waals surface area contributed by atoms with Gasteiger partial charge >= 0.3 is 23.9 Å². The number of hydrogen-bond acceptors (Lipinski definition) is 20. The lowest BCUT2D eigenvalue weighted by Crippen LogP contribution is -2.53. The van der Waals surface area contributed by atoms with E-state index < -0.39 is 106 Å². The molecule has 0 radical (unpaired) electrons. The molecule has 2 fully saturated rings. The molecule has 2 aromatic carbocycles. The Hall–Kier alpha value is -6.13. The number of nitrogens with zero attached hydrogens (tertiary/aromatic N) is 2. The fourth-order valence-corrected chi connectivity index (χ4v) is 14.1. The monoisotopic (exact) mass is 1100 g/mol. The topological polar surface area (TPSA) is 265 Å². The van der Waals surface area contributed by atoms with Crippen LogP contribution in [0.4, 0.5) is 0 Å². The van der Waals surface area contributed by atoms with Gasteiger partial charge in [-0.25, -0.2) is 9.59 Å². The third kappa shape index (κ3) is 10.0. The summed E-state index contributed by atoms with van der Waals surface area (Å²) in [6.45, 7) is 7.17. The molecule has 10 rings (SSSR count). The first kappa shape index (κ1) is 56.2. The number of fused-ring (bicyclic) bond motifs is 6. The number of esters is 4. The summed E-state index contributed by atoms with van der Waals surface area (Å²) in [6.07, 6.45) is 2.53. The second kappa shape index (κ2) is 20.8. The Morgan fingerprint density at radius 1 is 0.633 bits per heavy atom. The van der Waals surface area contributed by atoms with Crippen LogP contribution in [0.1, 0.15) is 132 Å². The average Bonchev–Trinajstić information content (AvgIpc) is 3.27. The highest BCUT2D eigenvalue weighted by atomic mass is 16.7. The minimum Gasteiger partial charge on any atom is -0.497 e. The smallest absolute Gasteiger partial charge is 0.339 e. The lowest BCUT2D eigenvalue weighted by Gasteiger charge is -2.42. The summed E-state index contributed by atoms with van der Waals surface area (Å²) in [6, 6.07) is 7.17. The van der Waals surface area contributed by atoms with Crippen molar-refractivity contribution in [2.75, 3.05) is 55.1 Å². The number of methoxy groups -OCH3 is 4. The standard InChI is InChI=1S/C58H74N2O19/c1-53(2,66)14-9-16-57(68,28-44(61)72-7)51(64)78-48-42(70-5)26-55-18-11-37(59(55)19-12-32-21-38-40(76-30-74-38)23-34(32)46(48)55)36-25-56-27-43(71-6)49(79-52(65)58(69,29-45(62)73-8)17-10-15-54(3,4)67)47(56)35-24-41-39(75-31-77-41)22-33(35)13-20-60(56)50(36)63/h21-24,26-27,36-37,46-49,66-69H,9-20,25,28-31H2,1-8H3. The Balaban J connectivity index is 1.03. The molecule has 8 aliphatic rings. The van der Waals surface area contributed by atoms with Gasteiger partial charge in [0.1, 0.15) is 11.5 Å². The zero-order chi connectivity index (χ0) is 56.6. The number of hydrogen-bond donors (Lipinski definition) is 4. The second-order valence-electron chi connectivity index (χ2n) is 23.9. The highest BCUT2D eigenvalue weighted by Gasteiger charge is 2.68. The highest BCUT2D eigenvalue weighted by molar-refractivity contribution is 5.88. The molecule has 10 atom stereocenters. The van der Waals surface area contributed by atoms with Gasteiger partial charge in [0, 0.05) is 19.1 Å². The van der Waals surface area contributed by atoms with E-state index in [0.29, 0.717) is 61.0 Å². The Bertz CT molecular complexity index is 2830. The Morgan fingerprint density at radius 2 is 1.08 bits per heavy atom. The van der Waals surface area contributed by atoms with Gasteiger partial charge in [0.25, 0.3) is 0 Å². The Morgan fingerprint density at radius 3 is 1.53 bits per heavy atom. The molecule has 2 aliphatic carbocycles. The van der Waals surface area contributed by atoms with Gasteiger partial charge in [0.05, 0.1) is 81.3 Å². The van der Waals surface area contributed by atoms with Crippen LogP contribution in [0.5, 0.6) is 23.0 Å². The molecule has 10 unspecified atom stereocenters. The predicted octanol–water partition coefficient (Wildman–Crippen LogP) is 4.30. The summed E-state index contributed by atoms with van der Waals surface area (Å²) in [5.74, 6) is -3.51. The van der Waals surface area contributed by atoms with Crippen molar-refractivity contribution in [1.82, 2.24) is 9.80 Å². The molecule has 2 saturated heterocycles. The number of carbonyl (C=O) groups is 5. The molecule has 79 heavy (non-hydrogen) atoms. The van der Waals surface area contributed by atoms with Crippen LogP contribution in [0.2, 0.25) is 0 Å². The van der Waals surface area contributed by atoms with Gasteiger partial charge in [-0.05, 0) is 157 Å². The molecular weight excluding hydrogens is 1030 g/mol. The fourth-order valence-electron chi connectivity index (χ4n) is 14.1. The van der Waals surface area contributed by atoms with Crippen LogP contribution in [0.3, 0.4) is 0 Å². The van der Waals surface area contributed by atoms with Crippen molar-refractivity contribution in [2.45, 2.75) is 175 Å². The normalized spacial score (nSPS) is 28.7. The van der Waals surface area contributed by atoms with Crippen molar-refractivity contribution in [2.24, 2.45) is 5.92 Å². The summed E-state index contributed by atoms with van der Waals surface area (Å²) in [7, 11) is 5.26. The summed E-state index contributed by atoms with van der Waals surface area (Å²) in [5.41, 5.74) is -5.80. The first-order valence-electron chi connectivity index (χ1n) is 27.3. The minimum atomic E-state index is -2.36. The maximum absolute atomic E-state index is 15.8. The third-order valence-corrected chi connectivity index (χ3v) is 17.9. The van der Waals surface area contributed by atoms with Crippen LogP contribution in [0, 0.1) is 5.92 Å². The van der Waals surface area contributed by atoms with E-state index >= 15 is 4.79 Å². The fraction of sp³-hybridized carbons (Fsp3) is 0.638. The zero-order valence-corrected chi connectivity index (χ0v) is 46.3. The number of benzene rings is 2. The number of aliphatic hydroxyl groups is 4. The summed E-state index contributed by atoms with van der Waals surface area (Å²) < 4.78 is 58.7. The third-order valence-electron chi connectivity index (χ3n) is 17.9. The van der Waals surface area contributed by atoms with E-state index in [1.54, 1.807) is 27.7 Å².